The molecule has 1 heterocycles. The van der Waals surface area contributed by atoms with Gasteiger partial charge in [-0.1, -0.05) is 26.7 Å². The molecule has 0 radical (unpaired) electrons. The first-order chi connectivity index (χ1) is 6.74. The zero-order valence-corrected chi connectivity index (χ0v) is 8.95. The lowest BCUT2D eigenvalue weighted by molar-refractivity contribution is 0.0947. The molecular weight excluding hydrogens is 176 g/mol. The highest BCUT2D eigenvalue weighted by atomic mass is 16.3. The summed E-state index contributed by atoms with van der Waals surface area (Å²) in [7, 11) is 0. The number of furan rings is 1. The molecule has 0 fully saturated rings. The number of ketones is 1. The van der Waals surface area contributed by atoms with Gasteiger partial charge in [-0.15, -0.1) is 0 Å². The summed E-state index contributed by atoms with van der Waals surface area (Å²) in [6.07, 6.45) is 5.51. The van der Waals surface area contributed by atoms with E-state index in [1.165, 1.54) is 12.8 Å². The Hall–Kier alpha value is -1.05. The molecule has 2 nitrogen and oxygen atoms in total. The van der Waals surface area contributed by atoms with Crippen molar-refractivity contribution in [1.82, 2.24) is 0 Å². The summed E-state index contributed by atoms with van der Waals surface area (Å²) in [5.41, 5.74) is 0. The fraction of sp³-hybridized carbons (Fsp3) is 0.583. The Kier molecular flexibility index (Phi) is 4.44. The fourth-order valence-electron chi connectivity index (χ4n) is 1.58. The van der Waals surface area contributed by atoms with Crippen LogP contribution in [0.3, 0.4) is 0 Å². The monoisotopic (exact) mass is 194 g/mol. The topological polar surface area (TPSA) is 30.2 Å². The average molecular weight is 194 g/mol. The third-order valence-corrected chi connectivity index (χ3v) is 2.44. The van der Waals surface area contributed by atoms with Gasteiger partial charge in [-0.3, -0.25) is 4.79 Å². The first kappa shape index (κ1) is 11.0. The van der Waals surface area contributed by atoms with E-state index in [0.29, 0.717) is 18.1 Å². The van der Waals surface area contributed by atoms with Crippen molar-refractivity contribution in [2.45, 2.75) is 39.5 Å². The minimum atomic E-state index is 0.123. The van der Waals surface area contributed by atoms with Crippen LogP contribution >= 0.6 is 0 Å². The van der Waals surface area contributed by atoms with E-state index in [2.05, 4.69) is 13.8 Å². The number of Topliss-reactive ketones (excluding diaryl/α,β-unsaturated/α-hetero) is 1. The van der Waals surface area contributed by atoms with Crippen LogP contribution < -0.4 is 0 Å². The molecule has 0 aliphatic carbocycles. The Morgan fingerprint density at radius 2 is 2.29 bits per heavy atom. The molecule has 0 aliphatic rings. The second kappa shape index (κ2) is 5.63. The molecule has 14 heavy (non-hydrogen) atoms. The Bertz CT molecular complexity index is 262. The third kappa shape index (κ3) is 3.36. The zero-order chi connectivity index (χ0) is 10.4. The Labute approximate surface area is 85.3 Å². The second-order valence-corrected chi connectivity index (χ2v) is 3.83. The molecule has 0 saturated heterocycles. The van der Waals surface area contributed by atoms with Gasteiger partial charge in [0.2, 0.25) is 0 Å². The summed E-state index contributed by atoms with van der Waals surface area (Å²) in [5.74, 6) is 1.26. The van der Waals surface area contributed by atoms with E-state index in [4.69, 9.17) is 4.42 Å². The predicted octanol–water partition coefficient (Wildman–Crippen LogP) is 3.68. The molecule has 78 valence electrons. The van der Waals surface area contributed by atoms with Gasteiger partial charge < -0.3 is 4.42 Å². The van der Waals surface area contributed by atoms with Crippen molar-refractivity contribution in [3.05, 3.63) is 24.2 Å². The van der Waals surface area contributed by atoms with Crippen molar-refractivity contribution < 1.29 is 9.21 Å². The first-order valence-electron chi connectivity index (χ1n) is 5.30. The van der Waals surface area contributed by atoms with Gasteiger partial charge in [0, 0.05) is 6.42 Å². The average Bonchev–Trinajstić information content (AvgIpc) is 2.67. The van der Waals surface area contributed by atoms with Crippen molar-refractivity contribution in [2.75, 3.05) is 0 Å². The summed E-state index contributed by atoms with van der Waals surface area (Å²) in [6, 6.07) is 3.48. The van der Waals surface area contributed by atoms with Crippen molar-refractivity contribution in [3.8, 4) is 0 Å². The number of rotatable bonds is 6. The van der Waals surface area contributed by atoms with Gasteiger partial charge in [-0.2, -0.15) is 0 Å². The minimum absolute atomic E-state index is 0.123. The number of hydrogen-bond acceptors (Lipinski definition) is 2. The van der Waals surface area contributed by atoms with Gasteiger partial charge in [-0.05, 0) is 24.5 Å². The maximum atomic E-state index is 11.5. The van der Waals surface area contributed by atoms with E-state index in [-0.39, 0.29) is 5.78 Å². The second-order valence-electron chi connectivity index (χ2n) is 3.83. The SMILES string of the molecule is CCCC(C)CCC(=O)c1ccco1. The summed E-state index contributed by atoms with van der Waals surface area (Å²) in [5, 5.41) is 0. The number of carbonyl (C=O) groups excluding carboxylic acids is 1. The van der Waals surface area contributed by atoms with Gasteiger partial charge >= 0.3 is 0 Å². The lowest BCUT2D eigenvalue weighted by Gasteiger charge is -2.07. The van der Waals surface area contributed by atoms with Crippen LogP contribution in [0.4, 0.5) is 0 Å². The molecule has 0 N–H and O–H groups in total. The van der Waals surface area contributed by atoms with Crippen molar-refractivity contribution >= 4 is 5.78 Å². The largest absolute Gasteiger partial charge is 0.461 e. The van der Waals surface area contributed by atoms with Crippen LogP contribution in [0.25, 0.3) is 0 Å². The van der Waals surface area contributed by atoms with Gasteiger partial charge in [0.05, 0.1) is 6.26 Å². The van der Waals surface area contributed by atoms with E-state index in [9.17, 15) is 4.79 Å². The molecule has 1 aromatic rings. The first-order valence-corrected chi connectivity index (χ1v) is 5.30. The van der Waals surface area contributed by atoms with Crippen LogP contribution in [0.5, 0.6) is 0 Å². The molecule has 2 heteroatoms. The van der Waals surface area contributed by atoms with Crippen LogP contribution in [0, 0.1) is 5.92 Å². The summed E-state index contributed by atoms with van der Waals surface area (Å²) < 4.78 is 5.04. The highest BCUT2D eigenvalue weighted by molar-refractivity contribution is 5.93. The smallest absolute Gasteiger partial charge is 0.197 e. The number of hydrogen-bond donors (Lipinski definition) is 0. The molecule has 1 rings (SSSR count). The molecule has 1 aromatic heterocycles. The van der Waals surface area contributed by atoms with Crippen LogP contribution in [0.2, 0.25) is 0 Å². The molecule has 0 saturated carbocycles. The Balaban J connectivity index is 2.28. The number of carbonyl (C=O) groups is 1. The Morgan fingerprint density at radius 1 is 1.50 bits per heavy atom. The van der Waals surface area contributed by atoms with E-state index < -0.39 is 0 Å². The van der Waals surface area contributed by atoms with E-state index in [1.807, 2.05) is 0 Å². The standard InChI is InChI=1S/C12H18O2/c1-3-5-10(2)7-8-11(13)12-6-4-9-14-12/h4,6,9-10H,3,5,7-8H2,1-2H3. The molecule has 1 atom stereocenters. The van der Waals surface area contributed by atoms with Crippen LogP contribution in [0.15, 0.2) is 22.8 Å². The van der Waals surface area contributed by atoms with Crippen LogP contribution in [0.1, 0.15) is 50.1 Å². The minimum Gasteiger partial charge on any atom is -0.461 e. The highest BCUT2D eigenvalue weighted by Gasteiger charge is 2.10. The van der Waals surface area contributed by atoms with Crippen molar-refractivity contribution in [1.29, 1.82) is 0 Å². The van der Waals surface area contributed by atoms with E-state index in [0.717, 1.165) is 6.42 Å². The Morgan fingerprint density at radius 3 is 2.86 bits per heavy atom. The van der Waals surface area contributed by atoms with E-state index in [1.54, 1.807) is 18.4 Å². The summed E-state index contributed by atoms with van der Waals surface area (Å²) in [6.45, 7) is 4.36. The quantitative estimate of drug-likeness (QED) is 0.647. The lowest BCUT2D eigenvalue weighted by Crippen LogP contribution is -2.01. The molecule has 1 unspecified atom stereocenters. The van der Waals surface area contributed by atoms with Crippen molar-refractivity contribution in [2.24, 2.45) is 5.92 Å². The molecule has 0 amide bonds. The van der Waals surface area contributed by atoms with Crippen LogP contribution in [-0.2, 0) is 0 Å². The molecule has 0 aliphatic heterocycles. The van der Waals surface area contributed by atoms with Gasteiger partial charge in [0.1, 0.15) is 0 Å². The molecule has 0 bridgehead atoms. The molecule has 0 spiro atoms. The fourth-order valence-corrected chi connectivity index (χ4v) is 1.58. The highest BCUT2D eigenvalue weighted by Crippen LogP contribution is 2.14. The van der Waals surface area contributed by atoms with Gasteiger partial charge in [-0.25, -0.2) is 0 Å². The van der Waals surface area contributed by atoms with Gasteiger partial charge in [0.25, 0.3) is 0 Å². The molecule has 0 aromatic carbocycles. The summed E-state index contributed by atoms with van der Waals surface area (Å²) >= 11 is 0. The maximum Gasteiger partial charge on any atom is 0.197 e. The lowest BCUT2D eigenvalue weighted by atomic mass is 9.98. The van der Waals surface area contributed by atoms with Crippen LogP contribution in [-0.4, -0.2) is 5.78 Å². The van der Waals surface area contributed by atoms with E-state index >= 15 is 0 Å². The predicted molar refractivity (Wildman–Crippen MR) is 56.3 cm³/mol. The molecular formula is C12H18O2. The third-order valence-electron chi connectivity index (χ3n) is 2.44. The van der Waals surface area contributed by atoms with Gasteiger partial charge in [0.15, 0.2) is 11.5 Å². The van der Waals surface area contributed by atoms with Crippen molar-refractivity contribution in [3.63, 3.8) is 0 Å². The maximum absolute atomic E-state index is 11.5. The normalized spacial score (nSPS) is 12.7. The summed E-state index contributed by atoms with van der Waals surface area (Å²) in [4.78, 5) is 11.5. The zero-order valence-electron chi connectivity index (χ0n) is 8.95.